The molecule has 1 rings (SSSR count). The average molecular weight is 180 g/mol. The number of hydrogen-bond acceptors (Lipinski definition) is 3. The van der Waals surface area contributed by atoms with Gasteiger partial charge in [0, 0.05) is 11.6 Å². The minimum atomic E-state index is -0.575. The molecule has 0 atom stereocenters. The highest BCUT2D eigenvalue weighted by molar-refractivity contribution is 5.77. The second-order valence-corrected chi connectivity index (χ2v) is 2.53. The Hall–Kier alpha value is -1.91. The lowest BCUT2D eigenvalue weighted by molar-refractivity contribution is -0.385. The van der Waals surface area contributed by atoms with Gasteiger partial charge >= 0.3 is 0 Å². The van der Waals surface area contributed by atoms with E-state index >= 15 is 0 Å². The second kappa shape index (κ2) is 3.66. The highest BCUT2D eigenvalue weighted by atomic mass is 16.6. The molecule has 0 radical (unpaired) electrons. The summed E-state index contributed by atoms with van der Waals surface area (Å²) in [7, 11) is 0. The van der Waals surface area contributed by atoms with Crippen molar-refractivity contribution in [1.82, 2.24) is 0 Å². The summed E-state index contributed by atoms with van der Waals surface area (Å²) in [6, 6.07) is 6.04. The molecular weight excluding hydrogens is 172 g/mol. The first-order valence-electron chi connectivity index (χ1n) is 3.62. The van der Waals surface area contributed by atoms with E-state index in [1.54, 1.807) is 12.1 Å². The van der Waals surface area contributed by atoms with Crippen molar-refractivity contribution in [2.45, 2.75) is 6.42 Å². The SMILES string of the molecule is NC(=O)Cc1ccccc1[N+](=O)[O-]. The monoisotopic (exact) mass is 180 g/mol. The van der Waals surface area contributed by atoms with Crippen LogP contribution in [0.15, 0.2) is 24.3 Å². The van der Waals surface area contributed by atoms with Crippen LogP contribution in [0.2, 0.25) is 0 Å². The topological polar surface area (TPSA) is 86.2 Å². The Balaban J connectivity index is 3.04. The van der Waals surface area contributed by atoms with Gasteiger partial charge in [-0.25, -0.2) is 0 Å². The van der Waals surface area contributed by atoms with E-state index in [1.165, 1.54) is 12.1 Å². The molecule has 13 heavy (non-hydrogen) atoms. The normalized spacial score (nSPS) is 9.54. The molecule has 0 aliphatic carbocycles. The van der Waals surface area contributed by atoms with Crippen LogP contribution in [0.1, 0.15) is 5.56 Å². The van der Waals surface area contributed by atoms with Crippen molar-refractivity contribution in [2.75, 3.05) is 0 Å². The van der Waals surface area contributed by atoms with Gasteiger partial charge in [-0.15, -0.1) is 0 Å². The Morgan fingerprint density at radius 1 is 1.46 bits per heavy atom. The lowest BCUT2D eigenvalue weighted by Crippen LogP contribution is -2.14. The molecule has 0 saturated heterocycles. The molecule has 0 aromatic heterocycles. The third-order valence-electron chi connectivity index (χ3n) is 1.55. The van der Waals surface area contributed by atoms with E-state index in [4.69, 9.17) is 5.73 Å². The van der Waals surface area contributed by atoms with Crippen molar-refractivity contribution >= 4 is 11.6 Å². The van der Waals surface area contributed by atoms with Crippen LogP contribution in [0.25, 0.3) is 0 Å². The number of rotatable bonds is 3. The summed E-state index contributed by atoms with van der Waals surface area (Å²) in [4.78, 5) is 20.5. The van der Waals surface area contributed by atoms with Crippen LogP contribution < -0.4 is 5.73 Å². The molecule has 0 aliphatic rings. The zero-order valence-electron chi connectivity index (χ0n) is 6.77. The molecule has 5 heteroatoms. The van der Waals surface area contributed by atoms with E-state index in [-0.39, 0.29) is 12.1 Å². The van der Waals surface area contributed by atoms with Crippen LogP contribution in [0.5, 0.6) is 0 Å². The Morgan fingerprint density at radius 3 is 2.62 bits per heavy atom. The van der Waals surface area contributed by atoms with Crippen molar-refractivity contribution in [1.29, 1.82) is 0 Å². The Morgan fingerprint density at radius 2 is 2.08 bits per heavy atom. The minimum Gasteiger partial charge on any atom is -0.369 e. The predicted octanol–water partition coefficient (Wildman–Crippen LogP) is 0.623. The lowest BCUT2D eigenvalue weighted by Gasteiger charge is -1.98. The zero-order chi connectivity index (χ0) is 9.84. The number of nitro benzene ring substituents is 1. The van der Waals surface area contributed by atoms with Crippen molar-refractivity contribution in [2.24, 2.45) is 5.73 Å². The molecule has 1 aromatic rings. The van der Waals surface area contributed by atoms with Crippen LogP contribution in [0, 0.1) is 10.1 Å². The van der Waals surface area contributed by atoms with Gasteiger partial charge in [0.15, 0.2) is 0 Å². The van der Waals surface area contributed by atoms with Gasteiger partial charge in [0.05, 0.1) is 11.3 Å². The molecule has 0 spiro atoms. The third-order valence-corrected chi connectivity index (χ3v) is 1.55. The number of para-hydroxylation sites is 1. The maximum absolute atomic E-state index is 10.5. The molecule has 1 aromatic carbocycles. The molecule has 0 unspecified atom stereocenters. The molecule has 0 fully saturated rings. The summed E-state index contributed by atoms with van der Waals surface area (Å²) in [5.41, 5.74) is 5.21. The largest absolute Gasteiger partial charge is 0.369 e. The first-order chi connectivity index (χ1) is 6.11. The Kier molecular flexibility index (Phi) is 2.59. The van der Waals surface area contributed by atoms with Crippen molar-refractivity contribution in [3.8, 4) is 0 Å². The smallest absolute Gasteiger partial charge is 0.273 e. The lowest BCUT2D eigenvalue weighted by atomic mass is 10.1. The van der Waals surface area contributed by atoms with E-state index < -0.39 is 10.8 Å². The molecule has 5 nitrogen and oxygen atoms in total. The third kappa shape index (κ3) is 2.26. The summed E-state index contributed by atoms with van der Waals surface area (Å²) in [6.45, 7) is 0. The van der Waals surface area contributed by atoms with Gasteiger partial charge in [0.1, 0.15) is 0 Å². The van der Waals surface area contributed by atoms with Crippen molar-refractivity contribution in [3.63, 3.8) is 0 Å². The van der Waals surface area contributed by atoms with Crippen LogP contribution in [0.4, 0.5) is 5.69 Å². The molecule has 0 aliphatic heterocycles. The predicted molar refractivity (Wildman–Crippen MR) is 46.0 cm³/mol. The molecule has 2 N–H and O–H groups in total. The first-order valence-corrected chi connectivity index (χ1v) is 3.62. The zero-order valence-corrected chi connectivity index (χ0v) is 6.77. The fourth-order valence-corrected chi connectivity index (χ4v) is 1.03. The standard InChI is InChI=1S/C8H8N2O3/c9-8(11)5-6-3-1-2-4-7(6)10(12)13/h1-4H,5H2,(H2,9,11). The van der Waals surface area contributed by atoms with E-state index in [0.717, 1.165) is 0 Å². The minimum absolute atomic E-state index is 0.0682. The van der Waals surface area contributed by atoms with Gasteiger partial charge in [-0.2, -0.15) is 0 Å². The Bertz CT molecular complexity index is 349. The number of carbonyl (C=O) groups excluding carboxylic acids is 1. The van der Waals surface area contributed by atoms with E-state index in [2.05, 4.69) is 0 Å². The van der Waals surface area contributed by atoms with Gasteiger partial charge in [0.2, 0.25) is 5.91 Å². The molecular formula is C8H8N2O3. The fourth-order valence-electron chi connectivity index (χ4n) is 1.03. The van der Waals surface area contributed by atoms with Crippen LogP contribution in [-0.2, 0) is 11.2 Å². The van der Waals surface area contributed by atoms with E-state index in [1.807, 2.05) is 0 Å². The number of benzene rings is 1. The summed E-state index contributed by atoms with van der Waals surface area (Å²) in [6.07, 6.45) is -0.100. The van der Waals surface area contributed by atoms with E-state index in [0.29, 0.717) is 5.56 Å². The quantitative estimate of drug-likeness (QED) is 0.546. The van der Waals surface area contributed by atoms with Crippen molar-refractivity contribution in [3.05, 3.63) is 39.9 Å². The highest BCUT2D eigenvalue weighted by Gasteiger charge is 2.13. The fraction of sp³-hybridized carbons (Fsp3) is 0.125. The van der Waals surface area contributed by atoms with Gasteiger partial charge in [0.25, 0.3) is 5.69 Å². The highest BCUT2D eigenvalue weighted by Crippen LogP contribution is 2.17. The van der Waals surface area contributed by atoms with E-state index in [9.17, 15) is 14.9 Å². The average Bonchev–Trinajstić information content (AvgIpc) is 2.03. The summed E-state index contributed by atoms with van der Waals surface area (Å²) >= 11 is 0. The first kappa shape index (κ1) is 9.18. The van der Waals surface area contributed by atoms with Gasteiger partial charge in [-0.3, -0.25) is 14.9 Å². The van der Waals surface area contributed by atoms with Crippen LogP contribution >= 0.6 is 0 Å². The van der Waals surface area contributed by atoms with Gasteiger partial charge in [-0.1, -0.05) is 18.2 Å². The number of amides is 1. The number of carbonyl (C=O) groups is 1. The second-order valence-electron chi connectivity index (χ2n) is 2.53. The summed E-state index contributed by atoms with van der Waals surface area (Å²) in [5.74, 6) is -0.575. The maximum Gasteiger partial charge on any atom is 0.273 e. The number of nitro groups is 1. The van der Waals surface area contributed by atoms with Crippen molar-refractivity contribution < 1.29 is 9.72 Å². The van der Waals surface area contributed by atoms with Crippen LogP contribution in [0.3, 0.4) is 0 Å². The maximum atomic E-state index is 10.5. The number of nitrogens with zero attached hydrogens (tertiary/aromatic N) is 1. The van der Waals surface area contributed by atoms with Crippen LogP contribution in [-0.4, -0.2) is 10.8 Å². The summed E-state index contributed by atoms with van der Waals surface area (Å²) in [5, 5.41) is 10.5. The number of primary amides is 1. The number of nitrogens with two attached hydrogens (primary N) is 1. The molecule has 0 saturated carbocycles. The molecule has 1 amide bonds. The molecule has 0 bridgehead atoms. The molecule has 68 valence electrons. The Labute approximate surface area is 74.3 Å². The number of hydrogen-bond donors (Lipinski definition) is 1. The summed E-state index contributed by atoms with van der Waals surface area (Å²) < 4.78 is 0. The molecule has 0 heterocycles. The van der Waals surface area contributed by atoms with Gasteiger partial charge < -0.3 is 5.73 Å². The van der Waals surface area contributed by atoms with Gasteiger partial charge in [-0.05, 0) is 0 Å².